The summed E-state index contributed by atoms with van der Waals surface area (Å²) in [6, 6.07) is 12.4. The summed E-state index contributed by atoms with van der Waals surface area (Å²) in [4.78, 5) is 6.54. The number of fused-ring (bicyclic) bond motifs is 2. The van der Waals surface area contributed by atoms with Crippen LogP contribution < -0.4 is 0 Å². The number of hydrogen-bond acceptors (Lipinski definition) is 3. The quantitative estimate of drug-likeness (QED) is 0.765. The number of aryl methyl sites for hydroxylation is 1. The number of halogens is 2. The Hall–Kier alpha value is -1.13. The van der Waals surface area contributed by atoms with Crippen molar-refractivity contribution in [3.63, 3.8) is 0 Å². The van der Waals surface area contributed by atoms with Crippen LogP contribution in [0.5, 0.6) is 0 Å². The summed E-state index contributed by atoms with van der Waals surface area (Å²) < 4.78 is 6.26. The minimum absolute atomic E-state index is 0.166. The van der Waals surface area contributed by atoms with Gasteiger partial charge >= 0.3 is 0 Å². The van der Waals surface area contributed by atoms with E-state index < -0.39 is 0 Å². The second kappa shape index (κ2) is 6.06. The van der Waals surface area contributed by atoms with E-state index in [9.17, 15) is 0 Å². The third-order valence-electron chi connectivity index (χ3n) is 4.86. The van der Waals surface area contributed by atoms with E-state index in [1.54, 1.807) is 6.07 Å². The van der Waals surface area contributed by atoms with Crippen molar-refractivity contribution in [3.8, 4) is 0 Å². The van der Waals surface area contributed by atoms with Gasteiger partial charge in [-0.15, -0.1) is 0 Å². The Kier molecular flexibility index (Phi) is 4.06. The summed E-state index contributed by atoms with van der Waals surface area (Å²) in [5, 5.41) is 0.923. The zero-order valence-electron chi connectivity index (χ0n) is 12.8. The van der Waals surface area contributed by atoms with Gasteiger partial charge in [-0.2, -0.15) is 0 Å². The molecule has 2 heterocycles. The largest absolute Gasteiger partial charge is 0.368 e. The average Bonchev–Trinajstić information content (AvgIpc) is 2.89. The highest BCUT2D eigenvalue weighted by Gasteiger charge is 2.43. The molecule has 0 unspecified atom stereocenters. The smallest absolute Gasteiger partial charge is 0.135 e. The van der Waals surface area contributed by atoms with Gasteiger partial charge in [-0.3, -0.25) is 4.90 Å². The normalized spacial score (nSPS) is 24.1. The molecule has 1 fully saturated rings. The van der Waals surface area contributed by atoms with Crippen molar-refractivity contribution in [3.05, 3.63) is 63.4 Å². The Morgan fingerprint density at radius 1 is 1.17 bits per heavy atom. The molecule has 4 rings (SSSR count). The summed E-state index contributed by atoms with van der Waals surface area (Å²) in [7, 11) is 0. The highest BCUT2D eigenvalue weighted by Crippen LogP contribution is 2.42. The lowest BCUT2D eigenvalue weighted by atomic mass is 9.93. The molecular formula is C18H18Cl2N2O. The molecule has 3 nitrogen and oxygen atoms in total. The molecule has 0 bridgehead atoms. The monoisotopic (exact) mass is 348 g/mol. The Labute approximate surface area is 146 Å². The van der Waals surface area contributed by atoms with Crippen LogP contribution in [0.15, 0.2) is 36.4 Å². The van der Waals surface area contributed by atoms with E-state index in [2.05, 4.69) is 34.1 Å². The van der Waals surface area contributed by atoms with Gasteiger partial charge < -0.3 is 4.74 Å². The van der Waals surface area contributed by atoms with Gasteiger partial charge in [0.25, 0.3) is 0 Å². The van der Waals surface area contributed by atoms with Crippen molar-refractivity contribution in [2.75, 3.05) is 19.7 Å². The molecule has 2 aromatic rings. The Bertz CT molecular complexity index is 733. The molecule has 1 aliphatic carbocycles. The molecule has 0 N–H and O–H groups in total. The van der Waals surface area contributed by atoms with Gasteiger partial charge in [-0.1, -0.05) is 53.5 Å². The van der Waals surface area contributed by atoms with Crippen LogP contribution in [0.1, 0.15) is 23.1 Å². The zero-order valence-corrected chi connectivity index (χ0v) is 14.3. The summed E-state index contributed by atoms with van der Waals surface area (Å²) in [6.45, 7) is 3.31. The van der Waals surface area contributed by atoms with Crippen LogP contribution in [0.25, 0.3) is 0 Å². The lowest BCUT2D eigenvalue weighted by Gasteiger charge is -2.41. The van der Waals surface area contributed by atoms with Gasteiger partial charge in [0.1, 0.15) is 15.9 Å². The van der Waals surface area contributed by atoms with Gasteiger partial charge in [0.15, 0.2) is 0 Å². The van der Waals surface area contributed by atoms with E-state index in [1.807, 2.05) is 6.07 Å². The predicted molar refractivity (Wildman–Crippen MR) is 91.9 cm³/mol. The molecule has 1 spiro atoms. The fourth-order valence-electron chi connectivity index (χ4n) is 3.76. The molecule has 1 atom stereocenters. The van der Waals surface area contributed by atoms with E-state index in [1.165, 1.54) is 11.1 Å². The minimum Gasteiger partial charge on any atom is -0.368 e. The minimum atomic E-state index is -0.166. The first-order valence-electron chi connectivity index (χ1n) is 7.92. The Morgan fingerprint density at radius 3 is 2.91 bits per heavy atom. The van der Waals surface area contributed by atoms with Crippen LogP contribution in [0.4, 0.5) is 0 Å². The second-order valence-corrected chi connectivity index (χ2v) is 7.04. The molecule has 0 saturated carbocycles. The van der Waals surface area contributed by atoms with Crippen LogP contribution in [-0.2, 0) is 23.3 Å². The number of rotatable bonds is 2. The first-order chi connectivity index (χ1) is 11.2. The number of nitrogens with zero attached hydrogens (tertiary/aromatic N) is 2. The Morgan fingerprint density at radius 2 is 2.04 bits per heavy atom. The topological polar surface area (TPSA) is 25.4 Å². The van der Waals surface area contributed by atoms with Crippen LogP contribution in [0, 0.1) is 0 Å². The molecule has 1 aromatic carbocycles. The number of aromatic nitrogens is 1. The number of benzene rings is 1. The third kappa shape index (κ3) is 2.87. The number of pyridine rings is 1. The van der Waals surface area contributed by atoms with Crippen LogP contribution >= 0.6 is 23.2 Å². The van der Waals surface area contributed by atoms with Crippen LogP contribution in [0.3, 0.4) is 0 Å². The van der Waals surface area contributed by atoms with E-state index in [0.717, 1.165) is 44.6 Å². The van der Waals surface area contributed by atoms with E-state index in [-0.39, 0.29) is 5.60 Å². The lowest BCUT2D eigenvalue weighted by molar-refractivity contribution is -0.115. The molecule has 120 valence electrons. The van der Waals surface area contributed by atoms with Crippen molar-refractivity contribution < 1.29 is 4.74 Å². The highest BCUT2D eigenvalue weighted by atomic mass is 35.5. The van der Waals surface area contributed by atoms with Crippen molar-refractivity contribution in [1.29, 1.82) is 0 Å². The third-order valence-corrected chi connectivity index (χ3v) is 5.39. The standard InChI is InChI=1S/C18H18Cl2N2O/c19-16-6-5-14(17(20)21-16)11-22-9-10-23-18(12-22)8-7-13-3-1-2-4-15(13)18/h1-6H,7-12H2/t18-/m0/s1. The molecule has 1 aromatic heterocycles. The fraction of sp³-hybridized carbons (Fsp3) is 0.389. The summed E-state index contributed by atoms with van der Waals surface area (Å²) in [5.74, 6) is 0. The van der Waals surface area contributed by atoms with Crippen molar-refractivity contribution in [1.82, 2.24) is 9.88 Å². The van der Waals surface area contributed by atoms with Crippen LogP contribution in [0.2, 0.25) is 10.3 Å². The van der Waals surface area contributed by atoms with Crippen molar-refractivity contribution >= 4 is 23.2 Å². The predicted octanol–water partition coefficient (Wildman–Crippen LogP) is 4.06. The number of hydrogen-bond donors (Lipinski definition) is 0. The summed E-state index contributed by atoms with van der Waals surface area (Å²) in [6.07, 6.45) is 2.14. The molecule has 0 radical (unpaired) electrons. The average molecular weight is 349 g/mol. The van der Waals surface area contributed by atoms with E-state index >= 15 is 0 Å². The van der Waals surface area contributed by atoms with Crippen molar-refractivity contribution in [2.24, 2.45) is 0 Å². The Balaban J connectivity index is 1.56. The first-order valence-corrected chi connectivity index (χ1v) is 8.67. The fourth-order valence-corrected chi connectivity index (χ4v) is 4.16. The lowest BCUT2D eigenvalue weighted by Crippen LogP contribution is -2.48. The highest BCUT2D eigenvalue weighted by molar-refractivity contribution is 6.32. The number of morpholine rings is 1. The molecular weight excluding hydrogens is 331 g/mol. The molecule has 2 aliphatic rings. The van der Waals surface area contributed by atoms with Gasteiger partial charge in [0.05, 0.1) is 6.61 Å². The SMILES string of the molecule is Clc1ccc(CN2CCO[C@@]3(CCc4ccccc43)C2)c(Cl)n1. The van der Waals surface area contributed by atoms with E-state index in [0.29, 0.717) is 10.3 Å². The number of ether oxygens (including phenoxy) is 1. The molecule has 23 heavy (non-hydrogen) atoms. The molecule has 0 amide bonds. The van der Waals surface area contributed by atoms with Crippen molar-refractivity contribution in [2.45, 2.75) is 25.0 Å². The summed E-state index contributed by atoms with van der Waals surface area (Å²) in [5.41, 5.74) is 3.62. The first kappa shape index (κ1) is 15.4. The van der Waals surface area contributed by atoms with Gasteiger partial charge in [-0.25, -0.2) is 4.98 Å². The molecule has 5 heteroatoms. The second-order valence-electron chi connectivity index (χ2n) is 6.29. The maximum atomic E-state index is 6.26. The molecule has 1 saturated heterocycles. The maximum Gasteiger partial charge on any atom is 0.135 e. The van der Waals surface area contributed by atoms with Crippen LogP contribution in [-0.4, -0.2) is 29.6 Å². The molecule has 1 aliphatic heterocycles. The van der Waals surface area contributed by atoms with Gasteiger partial charge in [0.2, 0.25) is 0 Å². The zero-order chi connectivity index (χ0) is 15.9. The van der Waals surface area contributed by atoms with Gasteiger partial charge in [0, 0.05) is 25.2 Å². The maximum absolute atomic E-state index is 6.26. The van der Waals surface area contributed by atoms with E-state index in [4.69, 9.17) is 27.9 Å². The summed E-state index contributed by atoms with van der Waals surface area (Å²) >= 11 is 12.1. The van der Waals surface area contributed by atoms with Gasteiger partial charge in [-0.05, 0) is 30.0 Å².